The molecule has 0 unspecified atom stereocenters. The summed E-state index contributed by atoms with van der Waals surface area (Å²) in [6.45, 7) is 5.62. The minimum absolute atomic E-state index is 0.219. The lowest BCUT2D eigenvalue weighted by Gasteiger charge is -2.17. The average molecular weight is 285 g/mol. The molecule has 0 amide bonds. The van der Waals surface area contributed by atoms with E-state index in [2.05, 4.69) is 30.4 Å². The molecule has 3 heteroatoms. The minimum atomic E-state index is 0.219. The van der Waals surface area contributed by atoms with Crippen molar-refractivity contribution < 1.29 is 9.47 Å². The van der Waals surface area contributed by atoms with Crippen LogP contribution in [0.3, 0.4) is 0 Å². The van der Waals surface area contributed by atoms with Crippen LogP contribution in [0.15, 0.2) is 48.5 Å². The molecule has 1 atom stereocenters. The molecule has 0 fully saturated rings. The Bertz CT molecular complexity index is 569. The molecule has 0 bridgehead atoms. The first-order valence-electron chi connectivity index (χ1n) is 7.32. The Morgan fingerprint density at radius 3 is 2.67 bits per heavy atom. The van der Waals surface area contributed by atoms with Gasteiger partial charge >= 0.3 is 0 Å². The quantitative estimate of drug-likeness (QED) is 0.835. The SMILES string of the molecule is CCOc1cccc(CN[C@@H](C)c2ccccc2OC)c1. The molecule has 0 spiro atoms. The number of benzene rings is 2. The van der Waals surface area contributed by atoms with Gasteiger partial charge < -0.3 is 14.8 Å². The Hall–Kier alpha value is -2.00. The zero-order valence-electron chi connectivity index (χ0n) is 12.9. The van der Waals surface area contributed by atoms with E-state index in [1.807, 2.05) is 37.3 Å². The fourth-order valence-corrected chi connectivity index (χ4v) is 2.32. The highest BCUT2D eigenvalue weighted by molar-refractivity contribution is 5.35. The first-order valence-corrected chi connectivity index (χ1v) is 7.32. The number of para-hydroxylation sites is 1. The predicted octanol–water partition coefficient (Wildman–Crippen LogP) is 3.94. The molecule has 21 heavy (non-hydrogen) atoms. The number of methoxy groups -OCH3 is 1. The van der Waals surface area contributed by atoms with Crippen LogP contribution in [0.1, 0.15) is 31.0 Å². The maximum Gasteiger partial charge on any atom is 0.123 e. The second-order valence-corrected chi connectivity index (χ2v) is 4.92. The maximum absolute atomic E-state index is 5.53. The molecule has 0 aliphatic rings. The smallest absolute Gasteiger partial charge is 0.123 e. The molecular weight excluding hydrogens is 262 g/mol. The van der Waals surface area contributed by atoms with Gasteiger partial charge in [0.25, 0.3) is 0 Å². The fraction of sp³-hybridized carbons (Fsp3) is 0.333. The summed E-state index contributed by atoms with van der Waals surface area (Å²) in [6, 6.07) is 16.5. The summed E-state index contributed by atoms with van der Waals surface area (Å²) in [5.41, 5.74) is 2.38. The van der Waals surface area contributed by atoms with E-state index in [9.17, 15) is 0 Å². The third kappa shape index (κ3) is 4.23. The maximum atomic E-state index is 5.53. The Morgan fingerprint density at radius 1 is 1.10 bits per heavy atom. The largest absolute Gasteiger partial charge is 0.496 e. The topological polar surface area (TPSA) is 30.5 Å². The van der Waals surface area contributed by atoms with Crippen molar-refractivity contribution >= 4 is 0 Å². The van der Waals surface area contributed by atoms with Crippen molar-refractivity contribution in [2.45, 2.75) is 26.4 Å². The van der Waals surface area contributed by atoms with Gasteiger partial charge in [-0.25, -0.2) is 0 Å². The molecule has 0 saturated carbocycles. The van der Waals surface area contributed by atoms with Crippen molar-refractivity contribution in [3.05, 3.63) is 59.7 Å². The number of hydrogen-bond donors (Lipinski definition) is 1. The first-order chi connectivity index (χ1) is 10.2. The number of hydrogen-bond acceptors (Lipinski definition) is 3. The van der Waals surface area contributed by atoms with Crippen LogP contribution in [0.5, 0.6) is 11.5 Å². The van der Waals surface area contributed by atoms with E-state index in [1.165, 1.54) is 11.1 Å². The zero-order valence-corrected chi connectivity index (χ0v) is 12.9. The van der Waals surface area contributed by atoms with Crippen molar-refractivity contribution in [3.8, 4) is 11.5 Å². The van der Waals surface area contributed by atoms with E-state index >= 15 is 0 Å². The van der Waals surface area contributed by atoms with E-state index in [0.29, 0.717) is 6.61 Å². The van der Waals surface area contributed by atoms with Gasteiger partial charge in [-0.3, -0.25) is 0 Å². The van der Waals surface area contributed by atoms with Crippen molar-refractivity contribution in [2.24, 2.45) is 0 Å². The van der Waals surface area contributed by atoms with Crippen LogP contribution in [0.25, 0.3) is 0 Å². The van der Waals surface area contributed by atoms with Gasteiger partial charge in [-0.05, 0) is 37.6 Å². The molecule has 0 aliphatic carbocycles. The van der Waals surface area contributed by atoms with E-state index in [-0.39, 0.29) is 6.04 Å². The van der Waals surface area contributed by atoms with Gasteiger partial charge in [-0.2, -0.15) is 0 Å². The van der Waals surface area contributed by atoms with Crippen LogP contribution in [0.4, 0.5) is 0 Å². The van der Waals surface area contributed by atoms with Crippen LogP contribution in [0, 0.1) is 0 Å². The Morgan fingerprint density at radius 2 is 1.90 bits per heavy atom. The highest BCUT2D eigenvalue weighted by Crippen LogP contribution is 2.24. The van der Waals surface area contributed by atoms with Gasteiger partial charge in [0, 0.05) is 18.2 Å². The lowest BCUT2D eigenvalue weighted by atomic mass is 10.1. The van der Waals surface area contributed by atoms with Crippen molar-refractivity contribution in [1.82, 2.24) is 5.32 Å². The summed E-state index contributed by atoms with van der Waals surface area (Å²) in [7, 11) is 1.71. The Kier molecular flexibility index (Phi) is 5.64. The van der Waals surface area contributed by atoms with Crippen molar-refractivity contribution in [2.75, 3.05) is 13.7 Å². The molecule has 0 aromatic heterocycles. The van der Waals surface area contributed by atoms with Crippen molar-refractivity contribution in [3.63, 3.8) is 0 Å². The lowest BCUT2D eigenvalue weighted by Crippen LogP contribution is -2.18. The molecular formula is C18H23NO2. The van der Waals surface area contributed by atoms with Gasteiger partial charge in [-0.15, -0.1) is 0 Å². The predicted molar refractivity (Wildman–Crippen MR) is 85.9 cm³/mol. The molecule has 3 nitrogen and oxygen atoms in total. The van der Waals surface area contributed by atoms with Gasteiger partial charge in [0.1, 0.15) is 11.5 Å². The third-order valence-corrected chi connectivity index (χ3v) is 3.43. The van der Waals surface area contributed by atoms with E-state index < -0.39 is 0 Å². The normalized spacial score (nSPS) is 12.0. The lowest BCUT2D eigenvalue weighted by molar-refractivity contribution is 0.339. The van der Waals surface area contributed by atoms with Crippen LogP contribution < -0.4 is 14.8 Å². The van der Waals surface area contributed by atoms with Crippen LogP contribution >= 0.6 is 0 Å². The summed E-state index contributed by atoms with van der Waals surface area (Å²) < 4.78 is 10.9. The van der Waals surface area contributed by atoms with Gasteiger partial charge in [0.15, 0.2) is 0 Å². The Balaban J connectivity index is 2.00. The standard InChI is InChI=1S/C18H23NO2/c1-4-21-16-9-7-8-15(12-16)13-19-14(2)17-10-5-6-11-18(17)20-3/h5-12,14,19H,4,13H2,1-3H3/t14-/m0/s1. The van der Waals surface area contributed by atoms with Gasteiger partial charge in [0.2, 0.25) is 0 Å². The molecule has 2 aromatic rings. The number of nitrogens with one attached hydrogen (secondary N) is 1. The summed E-state index contributed by atoms with van der Waals surface area (Å²) in [4.78, 5) is 0. The molecule has 112 valence electrons. The molecule has 2 aromatic carbocycles. The second kappa shape index (κ2) is 7.70. The highest BCUT2D eigenvalue weighted by Gasteiger charge is 2.10. The summed E-state index contributed by atoms with van der Waals surface area (Å²) in [6.07, 6.45) is 0. The van der Waals surface area contributed by atoms with Crippen LogP contribution in [-0.4, -0.2) is 13.7 Å². The minimum Gasteiger partial charge on any atom is -0.496 e. The van der Waals surface area contributed by atoms with Crippen LogP contribution in [-0.2, 0) is 6.54 Å². The average Bonchev–Trinajstić information content (AvgIpc) is 2.53. The van der Waals surface area contributed by atoms with Gasteiger partial charge in [0.05, 0.1) is 13.7 Å². The van der Waals surface area contributed by atoms with E-state index in [1.54, 1.807) is 7.11 Å². The molecule has 0 aliphatic heterocycles. The third-order valence-electron chi connectivity index (χ3n) is 3.43. The van der Waals surface area contributed by atoms with E-state index in [0.717, 1.165) is 18.0 Å². The molecule has 0 radical (unpaired) electrons. The molecule has 1 N–H and O–H groups in total. The fourth-order valence-electron chi connectivity index (χ4n) is 2.32. The summed E-state index contributed by atoms with van der Waals surface area (Å²) in [5, 5.41) is 3.52. The second-order valence-electron chi connectivity index (χ2n) is 4.92. The Labute approximate surface area is 126 Å². The summed E-state index contributed by atoms with van der Waals surface area (Å²) in [5.74, 6) is 1.84. The molecule has 0 heterocycles. The molecule has 2 rings (SSSR count). The summed E-state index contributed by atoms with van der Waals surface area (Å²) >= 11 is 0. The monoisotopic (exact) mass is 285 g/mol. The highest BCUT2D eigenvalue weighted by atomic mass is 16.5. The van der Waals surface area contributed by atoms with Gasteiger partial charge in [-0.1, -0.05) is 30.3 Å². The number of rotatable bonds is 7. The van der Waals surface area contributed by atoms with Crippen molar-refractivity contribution in [1.29, 1.82) is 0 Å². The van der Waals surface area contributed by atoms with E-state index in [4.69, 9.17) is 9.47 Å². The zero-order chi connectivity index (χ0) is 15.1. The van der Waals surface area contributed by atoms with Crippen LogP contribution in [0.2, 0.25) is 0 Å². The molecule has 0 saturated heterocycles. The number of ether oxygens (including phenoxy) is 2. The first kappa shape index (κ1) is 15.4.